The predicted molar refractivity (Wildman–Crippen MR) is 118 cm³/mol. The van der Waals surface area contributed by atoms with Gasteiger partial charge in [0, 0.05) is 18.9 Å². The van der Waals surface area contributed by atoms with E-state index in [0.29, 0.717) is 45.8 Å². The standard InChI is InChI=1S/C21H19ClN4O3S/c1-28-14-7-8-17(29-2)15(13-14)20(27)26(12-11-25-10-4-9-23-25)21-24-19-16(22)5-3-6-18(19)30-21/h3-10,13H,11-12H2,1-2H3. The van der Waals surface area contributed by atoms with Crippen LogP contribution in [0.15, 0.2) is 54.9 Å². The number of carbonyl (C=O) groups excluding carboxylic acids is 1. The molecular weight excluding hydrogens is 424 g/mol. The summed E-state index contributed by atoms with van der Waals surface area (Å²) >= 11 is 7.72. The molecule has 2 heterocycles. The van der Waals surface area contributed by atoms with Gasteiger partial charge in [-0.2, -0.15) is 5.10 Å². The fourth-order valence-electron chi connectivity index (χ4n) is 3.06. The number of amides is 1. The minimum Gasteiger partial charge on any atom is -0.497 e. The molecular formula is C21H19ClN4O3S. The Morgan fingerprint density at radius 3 is 2.77 bits per heavy atom. The molecule has 9 heteroatoms. The first-order valence-electron chi connectivity index (χ1n) is 9.17. The van der Waals surface area contributed by atoms with Gasteiger partial charge < -0.3 is 9.47 Å². The third-order valence-corrected chi connectivity index (χ3v) is 5.93. The van der Waals surface area contributed by atoms with Gasteiger partial charge in [0.05, 0.1) is 36.1 Å². The normalized spacial score (nSPS) is 10.9. The van der Waals surface area contributed by atoms with Crippen molar-refractivity contribution in [2.24, 2.45) is 0 Å². The highest BCUT2D eigenvalue weighted by Gasteiger charge is 2.25. The molecule has 0 radical (unpaired) electrons. The number of halogens is 1. The van der Waals surface area contributed by atoms with Gasteiger partial charge in [-0.3, -0.25) is 14.4 Å². The highest BCUT2D eigenvalue weighted by Crippen LogP contribution is 2.34. The first kappa shape index (κ1) is 20.2. The molecule has 30 heavy (non-hydrogen) atoms. The van der Waals surface area contributed by atoms with Crippen LogP contribution in [0.4, 0.5) is 5.13 Å². The molecule has 154 valence electrons. The number of para-hydroxylation sites is 1. The third-order valence-electron chi connectivity index (χ3n) is 4.58. The fourth-order valence-corrected chi connectivity index (χ4v) is 4.35. The van der Waals surface area contributed by atoms with Gasteiger partial charge >= 0.3 is 0 Å². The van der Waals surface area contributed by atoms with Crippen molar-refractivity contribution in [3.05, 3.63) is 65.4 Å². The minimum absolute atomic E-state index is 0.243. The largest absolute Gasteiger partial charge is 0.497 e. The Kier molecular flexibility index (Phi) is 5.87. The van der Waals surface area contributed by atoms with Gasteiger partial charge in [0.25, 0.3) is 5.91 Å². The van der Waals surface area contributed by atoms with E-state index in [1.165, 1.54) is 18.4 Å². The van der Waals surface area contributed by atoms with Crippen molar-refractivity contribution < 1.29 is 14.3 Å². The quantitative estimate of drug-likeness (QED) is 0.421. The first-order chi connectivity index (χ1) is 14.6. The van der Waals surface area contributed by atoms with Gasteiger partial charge in [-0.05, 0) is 36.4 Å². The summed E-state index contributed by atoms with van der Waals surface area (Å²) in [5.74, 6) is 0.788. The Morgan fingerprint density at radius 2 is 2.07 bits per heavy atom. The topological polar surface area (TPSA) is 69.5 Å². The molecule has 0 aliphatic carbocycles. The van der Waals surface area contributed by atoms with Crippen LogP contribution < -0.4 is 14.4 Å². The monoisotopic (exact) mass is 442 g/mol. The van der Waals surface area contributed by atoms with E-state index in [2.05, 4.69) is 10.1 Å². The second-order valence-electron chi connectivity index (χ2n) is 6.38. The Labute approximate surface area is 182 Å². The summed E-state index contributed by atoms with van der Waals surface area (Å²) in [6.45, 7) is 0.882. The van der Waals surface area contributed by atoms with E-state index in [4.69, 9.17) is 21.1 Å². The van der Waals surface area contributed by atoms with Crippen molar-refractivity contribution in [1.82, 2.24) is 14.8 Å². The van der Waals surface area contributed by atoms with Gasteiger partial charge in [0.2, 0.25) is 0 Å². The predicted octanol–water partition coefficient (Wildman–Crippen LogP) is 4.51. The molecule has 2 aromatic heterocycles. The lowest BCUT2D eigenvalue weighted by molar-refractivity contribution is 0.0982. The lowest BCUT2D eigenvalue weighted by Crippen LogP contribution is -2.34. The summed E-state index contributed by atoms with van der Waals surface area (Å²) < 4.78 is 13.4. The second kappa shape index (κ2) is 8.73. The summed E-state index contributed by atoms with van der Waals surface area (Å²) in [7, 11) is 3.09. The summed E-state index contributed by atoms with van der Waals surface area (Å²) in [4.78, 5) is 19.9. The van der Waals surface area contributed by atoms with Gasteiger partial charge in [0.15, 0.2) is 5.13 Å². The SMILES string of the molecule is COc1ccc(OC)c(C(=O)N(CCn2cccn2)c2nc3c(Cl)cccc3s2)c1. The van der Waals surface area contributed by atoms with Gasteiger partial charge in [-0.1, -0.05) is 29.0 Å². The average Bonchev–Trinajstić information content (AvgIpc) is 3.44. The summed E-state index contributed by atoms with van der Waals surface area (Å²) in [5, 5.41) is 5.33. The van der Waals surface area contributed by atoms with E-state index in [0.717, 1.165) is 4.70 Å². The molecule has 0 saturated carbocycles. The zero-order chi connectivity index (χ0) is 21.1. The molecule has 7 nitrogen and oxygen atoms in total. The van der Waals surface area contributed by atoms with Crippen molar-refractivity contribution in [3.63, 3.8) is 0 Å². The molecule has 1 amide bonds. The van der Waals surface area contributed by atoms with Crippen molar-refractivity contribution in [2.75, 3.05) is 25.7 Å². The van der Waals surface area contributed by atoms with E-state index in [1.54, 1.807) is 47.2 Å². The number of carbonyl (C=O) groups is 1. The number of aromatic nitrogens is 3. The number of benzene rings is 2. The van der Waals surface area contributed by atoms with Crippen LogP contribution >= 0.6 is 22.9 Å². The Morgan fingerprint density at radius 1 is 1.20 bits per heavy atom. The number of nitrogens with zero attached hydrogens (tertiary/aromatic N) is 4. The van der Waals surface area contributed by atoms with E-state index in [1.807, 2.05) is 24.4 Å². The first-order valence-corrected chi connectivity index (χ1v) is 10.4. The number of rotatable bonds is 7. The summed E-state index contributed by atoms with van der Waals surface area (Å²) in [6.07, 6.45) is 3.55. The zero-order valence-corrected chi connectivity index (χ0v) is 18.0. The molecule has 0 aliphatic rings. The summed E-state index contributed by atoms with van der Waals surface area (Å²) in [6, 6.07) is 12.6. The van der Waals surface area contributed by atoms with Crippen molar-refractivity contribution in [2.45, 2.75) is 6.54 Å². The number of ether oxygens (including phenoxy) is 2. The lowest BCUT2D eigenvalue weighted by Gasteiger charge is -2.21. The number of hydrogen-bond donors (Lipinski definition) is 0. The van der Waals surface area contributed by atoms with Crippen LogP contribution in [0.1, 0.15) is 10.4 Å². The Balaban J connectivity index is 1.76. The molecule has 0 saturated heterocycles. The lowest BCUT2D eigenvalue weighted by atomic mass is 10.1. The van der Waals surface area contributed by atoms with Crippen LogP contribution in [-0.4, -0.2) is 41.4 Å². The number of methoxy groups -OCH3 is 2. The molecule has 0 unspecified atom stereocenters. The van der Waals surface area contributed by atoms with E-state index < -0.39 is 0 Å². The third kappa shape index (κ3) is 3.96. The zero-order valence-electron chi connectivity index (χ0n) is 16.4. The highest BCUT2D eigenvalue weighted by atomic mass is 35.5. The number of thiazole rings is 1. The maximum Gasteiger partial charge on any atom is 0.264 e. The van der Waals surface area contributed by atoms with Crippen LogP contribution in [0.2, 0.25) is 5.02 Å². The van der Waals surface area contributed by atoms with Crippen LogP contribution in [0.3, 0.4) is 0 Å². The minimum atomic E-state index is -0.243. The Bertz CT molecular complexity index is 1180. The fraction of sp³-hybridized carbons (Fsp3) is 0.190. The molecule has 0 bridgehead atoms. The number of anilines is 1. The van der Waals surface area contributed by atoms with Crippen LogP contribution in [0, 0.1) is 0 Å². The number of fused-ring (bicyclic) bond motifs is 1. The molecule has 4 aromatic rings. The average molecular weight is 443 g/mol. The molecule has 0 aliphatic heterocycles. The summed E-state index contributed by atoms with van der Waals surface area (Å²) in [5.41, 5.74) is 1.07. The van der Waals surface area contributed by atoms with Crippen LogP contribution in [-0.2, 0) is 6.54 Å². The molecule has 0 atom stereocenters. The van der Waals surface area contributed by atoms with Gasteiger partial charge in [0.1, 0.15) is 17.0 Å². The van der Waals surface area contributed by atoms with Gasteiger partial charge in [-0.25, -0.2) is 4.98 Å². The molecule has 0 fully saturated rings. The Hall–Kier alpha value is -3.10. The molecule has 0 spiro atoms. The van der Waals surface area contributed by atoms with E-state index in [9.17, 15) is 4.79 Å². The maximum atomic E-state index is 13.6. The molecule has 4 rings (SSSR count). The van der Waals surface area contributed by atoms with Gasteiger partial charge in [-0.15, -0.1) is 0 Å². The van der Waals surface area contributed by atoms with Crippen LogP contribution in [0.25, 0.3) is 10.2 Å². The highest BCUT2D eigenvalue weighted by molar-refractivity contribution is 7.22. The smallest absolute Gasteiger partial charge is 0.264 e. The maximum absolute atomic E-state index is 13.6. The molecule has 2 aromatic carbocycles. The number of hydrogen-bond acceptors (Lipinski definition) is 6. The van der Waals surface area contributed by atoms with E-state index >= 15 is 0 Å². The van der Waals surface area contributed by atoms with Crippen LogP contribution in [0.5, 0.6) is 11.5 Å². The van der Waals surface area contributed by atoms with E-state index in [-0.39, 0.29) is 5.91 Å². The van der Waals surface area contributed by atoms with Crippen molar-refractivity contribution in [3.8, 4) is 11.5 Å². The van der Waals surface area contributed by atoms with Crippen molar-refractivity contribution >= 4 is 44.2 Å². The molecule has 0 N–H and O–H groups in total. The second-order valence-corrected chi connectivity index (χ2v) is 7.79. The van der Waals surface area contributed by atoms with Crippen molar-refractivity contribution in [1.29, 1.82) is 0 Å².